The van der Waals surface area contributed by atoms with E-state index in [-0.39, 0.29) is 24.0 Å². The highest BCUT2D eigenvalue weighted by Gasteiger charge is 2.02. The molecule has 23 heavy (non-hydrogen) atoms. The summed E-state index contributed by atoms with van der Waals surface area (Å²) in [6.45, 7) is 6.10. The first-order valence-electron chi connectivity index (χ1n) is 8.66. The van der Waals surface area contributed by atoms with Crippen LogP contribution in [0.25, 0.3) is 0 Å². The SMILES string of the molecule is CCCCCCCC(C)CN=C(N)NCCc1ccccn1.I. The maximum atomic E-state index is 5.90. The van der Waals surface area contributed by atoms with Gasteiger partial charge in [-0.05, 0) is 24.5 Å². The zero-order valence-electron chi connectivity index (χ0n) is 14.6. The molecule has 4 nitrogen and oxygen atoms in total. The summed E-state index contributed by atoms with van der Waals surface area (Å²) in [6, 6.07) is 5.95. The van der Waals surface area contributed by atoms with Crippen LogP contribution in [0.5, 0.6) is 0 Å². The molecule has 0 bridgehead atoms. The minimum atomic E-state index is 0. The normalized spacial score (nSPS) is 12.5. The lowest BCUT2D eigenvalue weighted by atomic mass is 10.0. The standard InChI is InChI=1S/C18H32N4.HI/c1-3-4-5-6-7-10-16(2)15-22-18(19)21-14-12-17-11-8-9-13-20-17;/h8-9,11,13,16H,3-7,10,12,14-15H2,1-2H3,(H3,19,21,22);1H. The summed E-state index contributed by atoms with van der Waals surface area (Å²) in [5.74, 6) is 1.16. The van der Waals surface area contributed by atoms with Crippen molar-refractivity contribution in [2.24, 2.45) is 16.6 Å². The van der Waals surface area contributed by atoms with Crippen molar-refractivity contribution in [2.75, 3.05) is 13.1 Å². The van der Waals surface area contributed by atoms with Gasteiger partial charge in [0, 0.05) is 31.4 Å². The molecule has 5 heteroatoms. The van der Waals surface area contributed by atoms with Crippen LogP contribution < -0.4 is 11.1 Å². The predicted octanol–water partition coefficient (Wildman–Crippen LogP) is 4.14. The fourth-order valence-corrected chi connectivity index (χ4v) is 2.36. The Balaban J connectivity index is 0.00000484. The molecular formula is C18H33IN4. The van der Waals surface area contributed by atoms with Crippen molar-refractivity contribution in [1.29, 1.82) is 0 Å². The second-order valence-corrected chi connectivity index (χ2v) is 6.03. The van der Waals surface area contributed by atoms with Gasteiger partial charge in [-0.3, -0.25) is 9.98 Å². The van der Waals surface area contributed by atoms with Gasteiger partial charge in [0.15, 0.2) is 5.96 Å². The van der Waals surface area contributed by atoms with Gasteiger partial charge < -0.3 is 11.1 Å². The third-order valence-electron chi connectivity index (χ3n) is 3.79. The highest BCUT2D eigenvalue weighted by molar-refractivity contribution is 14.0. The monoisotopic (exact) mass is 432 g/mol. The lowest BCUT2D eigenvalue weighted by Crippen LogP contribution is -2.33. The zero-order chi connectivity index (χ0) is 16.0. The van der Waals surface area contributed by atoms with Gasteiger partial charge in [-0.15, -0.1) is 24.0 Å². The van der Waals surface area contributed by atoms with Crippen LogP contribution in [-0.2, 0) is 6.42 Å². The van der Waals surface area contributed by atoms with E-state index in [1.54, 1.807) is 0 Å². The molecule has 1 atom stereocenters. The Bertz CT molecular complexity index is 409. The third-order valence-corrected chi connectivity index (χ3v) is 3.79. The Hall–Kier alpha value is -0.850. The van der Waals surface area contributed by atoms with E-state index < -0.39 is 0 Å². The van der Waals surface area contributed by atoms with E-state index in [0.717, 1.165) is 25.2 Å². The average Bonchev–Trinajstić information content (AvgIpc) is 2.54. The summed E-state index contributed by atoms with van der Waals surface area (Å²) in [5.41, 5.74) is 6.97. The molecule has 0 saturated heterocycles. The van der Waals surface area contributed by atoms with Crippen LogP contribution in [0.2, 0.25) is 0 Å². The molecule has 3 N–H and O–H groups in total. The second kappa shape index (κ2) is 14.7. The molecule has 1 aromatic heterocycles. The molecule has 0 fully saturated rings. The molecule has 1 rings (SSSR count). The van der Waals surface area contributed by atoms with Gasteiger partial charge in [-0.25, -0.2) is 0 Å². The highest BCUT2D eigenvalue weighted by Crippen LogP contribution is 2.11. The smallest absolute Gasteiger partial charge is 0.188 e. The number of pyridine rings is 1. The Labute approximate surface area is 158 Å². The second-order valence-electron chi connectivity index (χ2n) is 6.03. The Morgan fingerprint density at radius 3 is 2.74 bits per heavy atom. The van der Waals surface area contributed by atoms with Gasteiger partial charge >= 0.3 is 0 Å². The van der Waals surface area contributed by atoms with E-state index >= 15 is 0 Å². The van der Waals surface area contributed by atoms with Crippen molar-refractivity contribution in [3.63, 3.8) is 0 Å². The van der Waals surface area contributed by atoms with Crippen LogP contribution in [-0.4, -0.2) is 24.0 Å². The zero-order valence-corrected chi connectivity index (χ0v) is 17.0. The number of hydrogen-bond donors (Lipinski definition) is 2. The van der Waals surface area contributed by atoms with Crippen molar-refractivity contribution >= 4 is 29.9 Å². The van der Waals surface area contributed by atoms with Gasteiger partial charge in [0.1, 0.15) is 0 Å². The van der Waals surface area contributed by atoms with E-state index in [9.17, 15) is 0 Å². The lowest BCUT2D eigenvalue weighted by molar-refractivity contribution is 0.494. The number of guanidine groups is 1. The van der Waals surface area contributed by atoms with Gasteiger partial charge in [0.25, 0.3) is 0 Å². The van der Waals surface area contributed by atoms with Gasteiger partial charge in [0.05, 0.1) is 0 Å². The fraction of sp³-hybridized carbons (Fsp3) is 0.667. The number of unbranched alkanes of at least 4 members (excludes halogenated alkanes) is 4. The van der Waals surface area contributed by atoms with Crippen LogP contribution in [0.1, 0.15) is 58.1 Å². The van der Waals surface area contributed by atoms with Crippen molar-refractivity contribution in [3.05, 3.63) is 30.1 Å². The van der Waals surface area contributed by atoms with E-state index in [2.05, 4.69) is 29.1 Å². The molecular weight excluding hydrogens is 399 g/mol. The summed E-state index contributed by atoms with van der Waals surface area (Å²) in [5, 5.41) is 3.16. The largest absolute Gasteiger partial charge is 0.370 e. The van der Waals surface area contributed by atoms with Crippen molar-refractivity contribution < 1.29 is 0 Å². The number of halogens is 1. The number of aliphatic imine (C=N–C) groups is 1. The predicted molar refractivity (Wildman–Crippen MR) is 110 cm³/mol. The number of nitrogens with two attached hydrogens (primary N) is 1. The molecule has 0 aliphatic heterocycles. The van der Waals surface area contributed by atoms with Crippen LogP contribution in [0.3, 0.4) is 0 Å². The minimum Gasteiger partial charge on any atom is -0.370 e. The molecule has 0 radical (unpaired) electrons. The van der Waals surface area contributed by atoms with E-state index in [1.807, 2.05) is 24.4 Å². The minimum absolute atomic E-state index is 0. The Kier molecular flexibility index (Phi) is 14.2. The summed E-state index contributed by atoms with van der Waals surface area (Å²) >= 11 is 0. The molecule has 0 amide bonds. The topological polar surface area (TPSA) is 63.3 Å². The van der Waals surface area contributed by atoms with Crippen LogP contribution in [0.15, 0.2) is 29.4 Å². The van der Waals surface area contributed by atoms with Crippen molar-refractivity contribution in [3.8, 4) is 0 Å². The van der Waals surface area contributed by atoms with E-state index in [0.29, 0.717) is 11.9 Å². The summed E-state index contributed by atoms with van der Waals surface area (Å²) in [7, 11) is 0. The number of nitrogens with one attached hydrogen (secondary N) is 1. The number of aromatic nitrogens is 1. The van der Waals surface area contributed by atoms with Crippen molar-refractivity contribution in [1.82, 2.24) is 10.3 Å². The fourth-order valence-electron chi connectivity index (χ4n) is 2.36. The van der Waals surface area contributed by atoms with Gasteiger partial charge in [-0.2, -0.15) is 0 Å². The highest BCUT2D eigenvalue weighted by atomic mass is 127. The molecule has 132 valence electrons. The summed E-state index contributed by atoms with van der Waals surface area (Å²) in [4.78, 5) is 8.72. The molecule has 1 aromatic rings. The molecule has 0 aliphatic carbocycles. The maximum absolute atomic E-state index is 5.90. The quantitative estimate of drug-likeness (QED) is 0.239. The molecule has 0 spiro atoms. The molecule has 1 unspecified atom stereocenters. The van der Waals surface area contributed by atoms with E-state index in [1.165, 1.54) is 38.5 Å². The van der Waals surface area contributed by atoms with Crippen LogP contribution in [0, 0.1) is 5.92 Å². The lowest BCUT2D eigenvalue weighted by Gasteiger charge is -2.10. The molecule has 0 saturated carbocycles. The molecule has 0 aromatic carbocycles. The van der Waals surface area contributed by atoms with Gasteiger partial charge in [-0.1, -0.05) is 52.0 Å². The maximum Gasteiger partial charge on any atom is 0.188 e. The first-order chi connectivity index (χ1) is 10.7. The number of rotatable bonds is 11. The van der Waals surface area contributed by atoms with Crippen molar-refractivity contribution in [2.45, 2.75) is 58.8 Å². The third kappa shape index (κ3) is 12.3. The van der Waals surface area contributed by atoms with Crippen LogP contribution in [0.4, 0.5) is 0 Å². The van der Waals surface area contributed by atoms with E-state index in [4.69, 9.17) is 5.73 Å². The first kappa shape index (κ1) is 22.1. The van der Waals surface area contributed by atoms with Crippen LogP contribution >= 0.6 is 24.0 Å². The number of nitrogens with zero attached hydrogens (tertiary/aromatic N) is 2. The summed E-state index contributed by atoms with van der Waals surface area (Å²) < 4.78 is 0. The Morgan fingerprint density at radius 1 is 1.26 bits per heavy atom. The summed E-state index contributed by atoms with van der Waals surface area (Å²) in [6.07, 6.45) is 10.6. The number of hydrogen-bond acceptors (Lipinski definition) is 2. The molecule has 1 heterocycles. The first-order valence-corrected chi connectivity index (χ1v) is 8.66. The molecule has 0 aliphatic rings. The van der Waals surface area contributed by atoms with Gasteiger partial charge in [0.2, 0.25) is 0 Å². The average molecular weight is 432 g/mol. The Morgan fingerprint density at radius 2 is 2.04 bits per heavy atom.